The van der Waals surface area contributed by atoms with Gasteiger partial charge in [0.05, 0.1) is 17.9 Å². The van der Waals surface area contributed by atoms with Gasteiger partial charge in [-0.15, -0.1) is 0 Å². The van der Waals surface area contributed by atoms with Gasteiger partial charge in [0.1, 0.15) is 0 Å². The molecule has 1 unspecified atom stereocenters. The fraction of sp³-hybridized carbons (Fsp3) is 0.467. The van der Waals surface area contributed by atoms with Gasteiger partial charge in [0.15, 0.2) is 0 Å². The minimum Gasteiger partial charge on any atom is -0.397 e. The molecule has 1 aromatic rings. The van der Waals surface area contributed by atoms with E-state index in [4.69, 9.17) is 17.3 Å². The summed E-state index contributed by atoms with van der Waals surface area (Å²) in [6.45, 7) is 4.88. The third kappa shape index (κ3) is 3.88. The van der Waals surface area contributed by atoms with Crippen LogP contribution in [0.2, 0.25) is 5.02 Å². The molecular formula is C15H20ClN3O2. The molecule has 1 heterocycles. The Labute approximate surface area is 129 Å². The maximum atomic E-state index is 12.0. The average molecular weight is 310 g/mol. The number of hydrogen-bond donors (Lipinski definition) is 2. The molecule has 1 fully saturated rings. The topological polar surface area (TPSA) is 75.4 Å². The second-order valence-corrected chi connectivity index (χ2v) is 6.20. The lowest BCUT2D eigenvalue weighted by atomic mass is 9.95. The number of amides is 2. The number of carbonyl (C=O) groups is 2. The summed E-state index contributed by atoms with van der Waals surface area (Å²) in [6, 6.07) is 4.88. The SMILES string of the molecule is CC(C)C1CC(=O)N(CC(=O)Nc2ccc(Cl)cc2N)C1. The first-order valence-electron chi connectivity index (χ1n) is 6.99. The van der Waals surface area contributed by atoms with Crippen LogP contribution >= 0.6 is 11.6 Å². The molecule has 1 aliphatic heterocycles. The number of nitrogens with one attached hydrogen (secondary N) is 1. The third-order valence-corrected chi connectivity index (χ3v) is 4.04. The van der Waals surface area contributed by atoms with E-state index in [1.54, 1.807) is 23.1 Å². The summed E-state index contributed by atoms with van der Waals surface area (Å²) < 4.78 is 0. The maximum absolute atomic E-state index is 12.0. The van der Waals surface area contributed by atoms with E-state index in [0.29, 0.717) is 41.2 Å². The number of carbonyl (C=O) groups excluding carboxylic acids is 2. The predicted octanol–water partition coefficient (Wildman–Crippen LogP) is 2.37. The Morgan fingerprint density at radius 2 is 2.24 bits per heavy atom. The molecule has 1 atom stereocenters. The molecule has 1 aliphatic rings. The number of anilines is 2. The van der Waals surface area contributed by atoms with E-state index in [9.17, 15) is 9.59 Å². The van der Waals surface area contributed by atoms with Crippen molar-refractivity contribution in [2.75, 3.05) is 24.1 Å². The van der Waals surface area contributed by atoms with Crippen LogP contribution in [0, 0.1) is 11.8 Å². The van der Waals surface area contributed by atoms with E-state index in [0.717, 1.165) is 0 Å². The van der Waals surface area contributed by atoms with E-state index in [1.165, 1.54) is 0 Å². The Kier molecular flexibility index (Phi) is 4.73. The van der Waals surface area contributed by atoms with Crippen LogP contribution in [0.15, 0.2) is 18.2 Å². The molecule has 0 aliphatic carbocycles. The molecule has 0 saturated carbocycles. The van der Waals surface area contributed by atoms with Crippen molar-refractivity contribution in [3.63, 3.8) is 0 Å². The maximum Gasteiger partial charge on any atom is 0.244 e. The van der Waals surface area contributed by atoms with Crippen molar-refractivity contribution >= 4 is 34.8 Å². The zero-order valence-corrected chi connectivity index (χ0v) is 13.0. The lowest BCUT2D eigenvalue weighted by molar-refractivity contribution is -0.131. The van der Waals surface area contributed by atoms with Gasteiger partial charge >= 0.3 is 0 Å². The summed E-state index contributed by atoms with van der Waals surface area (Å²) in [5.41, 5.74) is 6.70. The van der Waals surface area contributed by atoms with Crippen LogP contribution in [0.4, 0.5) is 11.4 Å². The molecule has 2 rings (SSSR count). The number of hydrogen-bond acceptors (Lipinski definition) is 3. The molecule has 6 heteroatoms. The average Bonchev–Trinajstić information content (AvgIpc) is 2.75. The van der Waals surface area contributed by atoms with Crippen molar-refractivity contribution in [3.05, 3.63) is 23.2 Å². The second kappa shape index (κ2) is 6.35. The summed E-state index contributed by atoms with van der Waals surface area (Å²) >= 11 is 5.81. The molecule has 3 N–H and O–H groups in total. The molecule has 0 spiro atoms. The molecule has 21 heavy (non-hydrogen) atoms. The first-order valence-corrected chi connectivity index (χ1v) is 7.37. The van der Waals surface area contributed by atoms with E-state index in [1.807, 2.05) is 0 Å². The zero-order chi connectivity index (χ0) is 15.6. The molecule has 1 saturated heterocycles. The minimum absolute atomic E-state index is 0.0351. The molecule has 0 radical (unpaired) electrons. The molecule has 0 aromatic heterocycles. The van der Waals surface area contributed by atoms with Crippen LogP contribution in [0.25, 0.3) is 0 Å². The lowest BCUT2D eigenvalue weighted by Crippen LogP contribution is -2.34. The highest BCUT2D eigenvalue weighted by atomic mass is 35.5. The fourth-order valence-corrected chi connectivity index (χ4v) is 2.59. The zero-order valence-electron chi connectivity index (χ0n) is 12.2. The van der Waals surface area contributed by atoms with Crippen LogP contribution in [0.5, 0.6) is 0 Å². The molecule has 0 bridgehead atoms. The monoisotopic (exact) mass is 309 g/mol. The highest BCUT2D eigenvalue weighted by Gasteiger charge is 2.32. The highest BCUT2D eigenvalue weighted by molar-refractivity contribution is 6.31. The van der Waals surface area contributed by atoms with E-state index < -0.39 is 0 Å². The van der Waals surface area contributed by atoms with E-state index in [2.05, 4.69) is 19.2 Å². The fourth-order valence-electron chi connectivity index (χ4n) is 2.41. The summed E-state index contributed by atoms with van der Waals surface area (Å²) in [5.74, 6) is 0.550. The number of benzene rings is 1. The Morgan fingerprint density at radius 1 is 1.52 bits per heavy atom. The number of rotatable bonds is 4. The molecular weight excluding hydrogens is 290 g/mol. The van der Waals surface area contributed by atoms with Crippen molar-refractivity contribution in [1.29, 1.82) is 0 Å². The smallest absolute Gasteiger partial charge is 0.244 e. The quantitative estimate of drug-likeness (QED) is 0.838. The van der Waals surface area contributed by atoms with Gasteiger partial charge in [0, 0.05) is 18.0 Å². The Hall–Kier alpha value is -1.75. The lowest BCUT2D eigenvalue weighted by Gasteiger charge is -2.18. The Balaban J connectivity index is 1.94. The van der Waals surface area contributed by atoms with Gasteiger partial charge in [-0.25, -0.2) is 0 Å². The van der Waals surface area contributed by atoms with Crippen LogP contribution in [0.3, 0.4) is 0 Å². The first kappa shape index (κ1) is 15.6. The van der Waals surface area contributed by atoms with Gasteiger partial charge in [0.2, 0.25) is 11.8 Å². The molecule has 1 aromatic carbocycles. The summed E-state index contributed by atoms with van der Waals surface area (Å²) in [4.78, 5) is 25.5. The van der Waals surface area contributed by atoms with Gasteiger partial charge in [-0.1, -0.05) is 25.4 Å². The Bertz CT molecular complexity index is 560. The number of nitrogens with two attached hydrogens (primary N) is 1. The minimum atomic E-state index is -0.248. The standard InChI is InChI=1S/C15H20ClN3O2/c1-9(2)10-5-15(21)19(7-10)8-14(20)18-13-4-3-11(16)6-12(13)17/h3-4,6,9-10H,5,7-8,17H2,1-2H3,(H,18,20). The van der Waals surface area contributed by atoms with Gasteiger partial charge in [-0.3, -0.25) is 9.59 Å². The normalized spacial score (nSPS) is 18.4. The van der Waals surface area contributed by atoms with Gasteiger partial charge in [0.25, 0.3) is 0 Å². The van der Waals surface area contributed by atoms with Crippen molar-refractivity contribution in [2.45, 2.75) is 20.3 Å². The van der Waals surface area contributed by atoms with E-state index in [-0.39, 0.29) is 18.4 Å². The van der Waals surface area contributed by atoms with Gasteiger partial charge in [-0.05, 0) is 30.0 Å². The molecule has 2 amide bonds. The number of nitrogen functional groups attached to an aromatic ring is 1. The molecule has 5 nitrogen and oxygen atoms in total. The van der Waals surface area contributed by atoms with Crippen molar-refractivity contribution < 1.29 is 9.59 Å². The summed E-state index contributed by atoms with van der Waals surface area (Å²) in [6.07, 6.45) is 0.522. The first-order chi connectivity index (χ1) is 9.86. The van der Waals surface area contributed by atoms with Crippen LogP contribution in [-0.4, -0.2) is 29.8 Å². The van der Waals surface area contributed by atoms with Gasteiger partial charge in [-0.2, -0.15) is 0 Å². The second-order valence-electron chi connectivity index (χ2n) is 5.76. The number of nitrogens with zero attached hydrogens (tertiary/aromatic N) is 1. The third-order valence-electron chi connectivity index (χ3n) is 3.81. The van der Waals surface area contributed by atoms with Crippen molar-refractivity contribution in [1.82, 2.24) is 4.90 Å². The van der Waals surface area contributed by atoms with Crippen molar-refractivity contribution in [2.24, 2.45) is 11.8 Å². The number of halogens is 1. The summed E-state index contributed by atoms with van der Waals surface area (Å²) in [7, 11) is 0. The molecule has 114 valence electrons. The Morgan fingerprint density at radius 3 is 2.81 bits per heavy atom. The summed E-state index contributed by atoms with van der Waals surface area (Å²) in [5, 5.41) is 3.23. The largest absolute Gasteiger partial charge is 0.397 e. The number of likely N-dealkylation sites (tertiary alicyclic amines) is 1. The van der Waals surface area contributed by atoms with Crippen molar-refractivity contribution in [3.8, 4) is 0 Å². The van der Waals surface area contributed by atoms with Crippen LogP contribution in [-0.2, 0) is 9.59 Å². The van der Waals surface area contributed by atoms with Crippen LogP contribution < -0.4 is 11.1 Å². The predicted molar refractivity (Wildman–Crippen MR) is 84.0 cm³/mol. The van der Waals surface area contributed by atoms with E-state index >= 15 is 0 Å². The highest BCUT2D eigenvalue weighted by Crippen LogP contribution is 2.25. The van der Waals surface area contributed by atoms with Gasteiger partial charge < -0.3 is 16.0 Å². The van der Waals surface area contributed by atoms with Crippen LogP contribution in [0.1, 0.15) is 20.3 Å².